The van der Waals surface area contributed by atoms with E-state index in [0.717, 1.165) is 5.69 Å². The van der Waals surface area contributed by atoms with Crippen molar-refractivity contribution in [1.82, 2.24) is 0 Å². The summed E-state index contributed by atoms with van der Waals surface area (Å²) in [5.74, 6) is -1.08. The summed E-state index contributed by atoms with van der Waals surface area (Å²) >= 11 is 5.09. The van der Waals surface area contributed by atoms with Crippen LogP contribution in [0.25, 0.3) is 0 Å². The highest BCUT2D eigenvalue weighted by Gasteiger charge is 2.03. The number of aromatic hydroxyl groups is 1. The van der Waals surface area contributed by atoms with Crippen molar-refractivity contribution in [2.24, 2.45) is 0 Å². The molecule has 2 aromatic carbocycles. The Morgan fingerprint density at radius 2 is 1.67 bits per heavy atom. The molecular formula is C13H11FN2OS. The van der Waals surface area contributed by atoms with E-state index < -0.39 is 5.82 Å². The fraction of sp³-hybridized carbons (Fsp3) is 0. The van der Waals surface area contributed by atoms with E-state index in [9.17, 15) is 4.39 Å². The largest absolute Gasteiger partial charge is 0.505 e. The van der Waals surface area contributed by atoms with Crippen molar-refractivity contribution in [2.75, 3.05) is 10.6 Å². The first-order valence-corrected chi connectivity index (χ1v) is 5.67. The summed E-state index contributed by atoms with van der Waals surface area (Å²) in [5, 5.41) is 15.2. The number of anilines is 2. The fourth-order valence-electron chi connectivity index (χ4n) is 1.40. The van der Waals surface area contributed by atoms with Gasteiger partial charge in [-0.05, 0) is 36.5 Å². The average Bonchev–Trinajstić information content (AvgIpc) is 2.35. The van der Waals surface area contributed by atoms with Gasteiger partial charge in [0.05, 0.1) is 0 Å². The molecule has 5 heteroatoms. The summed E-state index contributed by atoms with van der Waals surface area (Å²) in [6.45, 7) is 0. The number of phenolic OH excluding ortho intramolecular Hbond substituents is 1. The van der Waals surface area contributed by atoms with Crippen LogP contribution in [-0.4, -0.2) is 10.2 Å². The third-order valence-corrected chi connectivity index (χ3v) is 2.44. The number of phenols is 1. The van der Waals surface area contributed by atoms with Crippen LogP contribution < -0.4 is 10.6 Å². The minimum absolute atomic E-state index is 0.353. The molecular weight excluding hydrogens is 251 g/mol. The van der Waals surface area contributed by atoms with Gasteiger partial charge in [0, 0.05) is 17.4 Å². The van der Waals surface area contributed by atoms with Gasteiger partial charge in [-0.3, -0.25) is 0 Å². The molecule has 2 rings (SSSR count). The lowest BCUT2D eigenvalue weighted by molar-refractivity contribution is 0.432. The van der Waals surface area contributed by atoms with E-state index >= 15 is 0 Å². The Labute approximate surface area is 109 Å². The number of hydrogen-bond donors (Lipinski definition) is 3. The van der Waals surface area contributed by atoms with E-state index in [-0.39, 0.29) is 5.75 Å². The first kappa shape index (κ1) is 12.3. The van der Waals surface area contributed by atoms with Gasteiger partial charge in [-0.2, -0.15) is 0 Å². The second-order valence-electron chi connectivity index (χ2n) is 3.61. The number of nitrogens with one attached hydrogen (secondary N) is 2. The molecule has 0 aliphatic carbocycles. The molecule has 0 bridgehead atoms. The SMILES string of the molecule is Oc1ccc(NC(=S)Nc2ccccc2)cc1F. The molecule has 92 valence electrons. The second kappa shape index (κ2) is 5.46. The lowest BCUT2D eigenvalue weighted by atomic mass is 10.3. The maximum Gasteiger partial charge on any atom is 0.175 e. The molecule has 0 aliphatic rings. The van der Waals surface area contributed by atoms with Crippen molar-refractivity contribution in [3.63, 3.8) is 0 Å². The number of para-hydroxylation sites is 1. The van der Waals surface area contributed by atoms with Crippen molar-refractivity contribution in [2.45, 2.75) is 0 Å². The van der Waals surface area contributed by atoms with Crippen molar-refractivity contribution < 1.29 is 9.50 Å². The Bertz CT molecular complexity index is 560. The van der Waals surface area contributed by atoms with Crippen molar-refractivity contribution in [1.29, 1.82) is 0 Å². The molecule has 0 unspecified atom stereocenters. The van der Waals surface area contributed by atoms with Gasteiger partial charge in [0.2, 0.25) is 0 Å². The third-order valence-electron chi connectivity index (χ3n) is 2.24. The number of thiocarbonyl (C=S) groups is 1. The zero-order valence-corrected chi connectivity index (χ0v) is 10.2. The lowest BCUT2D eigenvalue weighted by Gasteiger charge is -2.10. The molecule has 3 N–H and O–H groups in total. The minimum Gasteiger partial charge on any atom is -0.505 e. The molecule has 0 aromatic heterocycles. The van der Waals surface area contributed by atoms with E-state index in [1.54, 1.807) is 0 Å². The van der Waals surface area contributed by atoms with E-state index in [1.807, 2.05) is 30.3 Å². The summed E-state index contributed by atoms with van der Waals surface area (Å²) in [6, 6.07) is 13.4. The van der Waals surface area contributed by atoms with Crippen LogP contribution in [0.1, 0.15) is 0 Å². The normalized spacial score (nSPS) is 9.83. The molecule has 0 radical (unpaired) electrons. The highest BCUT2D eigenvalue weighted by Crippen LogP contribution is 2.19. The first-order chi connectivity index (χ1) is 8.65. The van der Waals surface area contributed by atoms with Gasteiger partial charge in [0.15, 0.2) is 16.7 Å². The second-order valence-corrected chi connectivity index (χ2v) is 4.02. The predicted molar refractivity (Wildman–Crippen MR) is 74.4 cm³/mol. The summed E-state index contributed by atoms with van der Waals surface area (Å²) in [6.07, 6.45) is 0. The maximum atomic E-state index is 13.1. The molecule has 18 heavy (non-hydrogen) atoms. The topological polar surface area (TPSA) is 44.3 Å². The maximum absolute atomic E-state index is 13.1. The van der Waals surface area contributed by atoms with E-state index in [4.69, 9.17) is 17.3 Å². The molecule has 0 spiro atoms. The van der Waals surface area contributed by atoms with Gasteiger partial charge in [-0.25, -0.2) is 4.39 Å². The number of benzene rings is 2. The highest BCUT2D eigenvalue weighted by atomic mass is 32.1. The smallest absolute Gasteiger partial charge is 0.175 e. The molecule has 0 saturated heterocycles. The quantitative estimate of drug-likeness (QED) is 0.573. The van der Waals surface area contributed by atoms with Crippen LogP contribution in [0.4, 0.5) is 15.8 Å². The summed E-state index contributed by atoms with van der Waals surface area (Å²) < 4.78 is 13.1. The van der Waals surface area contributed by atoms with Crippen LogP contribution in [0.2, 0.25) is 0 Å². The van der Waals surface area contributed by atoms with Gasteiger partial charge < -0.3 is 15.7 Å². The zero-order valence-electron chi connectivity index (χ0n) is 9.35. The average molecular weight is 262 g/mol. The lowest BCUT2D eigenvalue weighted by Crippen LogP contribution is -2.18. The Kier molecular flexibility index (Phi) is 3.74. The molecule has 0 heterocycles. The summed E-state index contributed by atoms with van der Waals surface area (Å²) in [5.41, 5.74) is 1.31. The van der Waals surface area contributed by atoms with E-state index in [2.05, 4.69) is 10.6 Å². The monoisotopic (exact) mass is 262 g/mol. The van der Waals surface area contributed by atoms with Crippen LogP contribution in [0.3, 0.4) is 0 Å². The van der Waals surface area contributed by atoms with Crippen molar-refractivity contribution >= 4 is 28.7 Å². The van der Waals surface area contributed by atoms with Crippen molar-refractivity contribution in [3.05, 3.63) is 54.3 Å². The Morgan fingerprint density at radius 3 is 2.33 bits per heavy atom. The molecule has 0 aliphatic heterocycles. The van der Waals surface area contributed by atoms with Crippen LogP contribution in [0.15, 0.2) is 48.5 Å². The Balaban J connectivity index is 2.01. The van der Waals surface area contributed by atoms with Gasteiger partial charge in [0.1, 0.15) is 0 Å². The number of rotatable bonds is 2. The van der Waals surface area contributed by atoms with Crippen LogP contribution >= 0.6 is 12.2 Å². The van der Waals surface area contributed by atoms with Crippen LogP contribution in [0, 0.1) is 5.82 Å². The molecule has 0 atom stereocenters. The number of halogens is 1. The van der Waals surface area contributed by atoms with Gasteiger partial charge in [0.25, 0.3) is 0 Å². The first-order valence-electron chi connectivity index (χ1n) is 5.27. The number of hydrogen-bond acceptors (Lipinski definition) is 2. The van der Waals surface area contributed by atoms with Gasteiger partial charge in [-0.1, -0.05) is 18.2 Å². The third kappa shape index (κ3) is 3.18. The van der Waals surface area contributed by atoms with Crippen LogP contribution in [-0.2, 0) is 0 Å². The Morgan fingerprint density at radius 1 is 1.00 bits per heavy atom. The summed E-state index contributed by atoms with van der Waals surface area (Å²) in [4.78, 5) is 0. The Hall–Kier alpha value is -2.14. The highest BCUT2D eigenvalue weighted by molar-refractivity contribution is 7.80. The molecule has 0 amide bonds. The van der Waals surface area contributed by atoms with Gasteiger partial charge in [-0.15, -0.1) is 0 Å². The minimum atomic E-state index is -0.692. The van der Waals surface area contributed by atoms with Crippen molar-refractivity contribution in [3.8, 4) is 5.75 Å². The standard InChI is InChI=1S/C13H11FN2OS/c14-11-8-10(6-7-12(11)17)16-13(18)15-9-4-2-1-3-5-9/h1-8,17H,(H2,15,16,18). The molecule has 2 aromatic rings. The molecule has 0 fully saturated rings. The predicted octanol–water partition coefficient (Wildman–Crippen LogP) is 3.34. The van der Waals surface area contributed by atoms with E-state index in [1.165, 1.54) is 18.2 Å². The van der Waals surface area contributed by atoms with Gasteiger partial charge >= 0.3 is 0 Å². The fourth-order valence-corrected chi connectivity index (χ4v) is 1.64. The zero-order chi connectivity index (χ0) is 13.0. The summed E-state index contributed by atoms with van der Waals surface area (Å²) in [7, 11) is 0. The van der Waals surface area contributed by atoms with Crippen LogP contribution in [0.5, 0.6) is 5.75 Å². The molecule has 3 nitrogen and oxygen atoms in total. The van der Waals surface area contributed by atoms with E-state index in [0.29, 0.717) is 10.8 Å². The molecule has 0 saturated carbocycles.